The number of hydrogen-bond acceptors (Lipinski definition) is 5. The maximum Gasteiger partial charge on any atom is 0.279 e. The Hall–Kier alpha value is -3.32. The largest absolute Gasteiger partial charge is 0.493 e. The highest BCUT2D eigenvalue weighted by atomic mass is 32.2. The fraction of sp³-hybridized carbons (Fsp3) is 0.174. The lowest BCUT2D eigenvalue weighted by molar-refractivity contribution is 0.328. The van der Waals surface area contributed by atoms with Gasteiger partial charge in [0.1, 0.15) is 0 Å². The standard InChI is InChI=1S/C23H22N2O4S/c1-28-22-15-9-14-19(23(22)29-2)21-16-20(17-10-5-3-6-11-17)24-25(21)30(26,27)18-12-7-4-8-13-18/h3-15,21H,16H2,1-2H3/t21-/m0/s1. The minimum Gasteiger partial charge on any atom is -0.493 e. The van der Waals surface area contributed by atoms with Crippen LogP contribution in [0.25, 0.3) is 0 Å². The van der Waals surface area contributed by atoms with Crippen molar-refractivity contribution in [1.29, 1.82) is 0 Å². The second-order valence-corrected chi connectivity index (χ2v) is 8.60. The Labute approximate surface area is 176 Å². The third-order valence-corrected chi connectivity index (χ3v) is 6.76. The van der Waals surface area contributed by atoms with Crippen LogP contribution in [0, 0.1) is 0 Å². The van der Waals surface area contributed by atoms with Gasteiger partial charge < -0.3 is 9.47 Å². The second-order valence-electron chi connectivity index (χ2n) is 6.81. The van der Waals surface area contributed by atoms with Crippen LogP contribution in [-0.4, -0.2) is 32.8 Å². The zero-order chi connectivity index (χ0) is 21.1. The fourth-order valence-electron chi connectivity index (χ4n) is 3.62. The van der Waals surface area contributed by atoms with E-state index in [4.69, 9.17) is 9.47 Å². The molecule has 4 rings (SSSR count). The van der Waals surface area contributed by atoms with Crippen molar-refractivity contribution in [2.75, 3.05) is 14.2 Å². The van der Waals surface area contributed by atoms with Crippen molar-refractivity contribution in [2.45, 2.75) is 17.4 Å². The van der Waals surface area contributed by atoms with Crippen molar-refractivity contribution in [2.24, 2.45) is 5.10 Å². The summed E-state index contributed by atoms with van der Waals surface area (Å²) in [4.78, 5) is 0.190. The number of para-hydroxylation sites is 1. The molecular weight excluding hydrogens is 400 g/mol. The molecule has 0 fully saturated rings. The molecule has 3 aromatic rings. The molecule has 154 valence electrons. The average Bonchev–Trinajstić information content (AvgIpc) is 3.26. The van der Waals surface area contributed by atoms with Crippen molar-refractivity contribution in [3.63, 3.8) is 0 Å². The van der Waals surface area contributed by atoms with Gasteiger partial charge in [0.15, 0.2) is 11.5 Å². The van der Waals surface area contributed by atoms with Crippen LogP contribution in [0.4, 0.5) is 0 Å². The van der Waals surface area contributed by atoms with Gasteiger partial charge in [0, 0.05) is 12.0 Å². The van der Waals surface area contributed by atoms with Crippen molar-refractivity contribution in [3.8, 4) is 11.5 Å². The zero-order valence-corrected chi connectivity index (χ0v) is 17.5. The van der Waals surface area contributed by atoms with Crippen LogP contribution in [0.5, 0.6) is 11.5 Å². The molecule has 0 N–H and O–H groups in total. The molecule has 0 saturated heterocycles. The van der Waals surface area contributed by atoms with Crippen LogP contribution in [-0.2, 0) is 10.0 Å². The van der Waals surface area contributed by atoms with Gasteiger partial charge in [0.05, 0.1) is 30.9 Å². The zero-order valence-electron chi connectivity index (χ0n) is 16.7. The predicted octanol–water partition coefficient (Wildman–Crippen LogP) is 4.24. The molecule has 3 aromatic carbocycles. The summed E-state index contributed by atoms with van der Waals surface area (Å²) in [7, 11) is -0.769. The van der Waals surface area contributed by atoms with Crippen LogP contribution >= 0.6 is 0 Å². The van der Waals surface area contributed by atoms with E-state index < -0.39 is 16.1 Å². The topological polar surface area (TPSA) is 68.2 Å². The summed E-state index contributed by atoms with van der Waals surface area (Å²) in [5, 5.41) is 4.56. The summed E-state index contributed by atoms with van der Waals surface area (Å²) in [5.41, 5.74) is 2.28. The van der Waals surface area contributed by atoms with Gasteiger partial charge in [-0.2, -0.15) is 17.9 Å². The van der Waals surface area contributed by atoms with E-state index in [1.807, 2.05) is 42.5 Å². The lowest BCUT2D eigenvalue weighted by atomic mass is 9.98. The Morgan fingerprint density at radius 1 is 0.867 bits per heavy atom. The van der Waals surface area contributed by atoms with Gasteiger partial charge in [0.25, 0.3) is 10.0 Å². The molecular formula is C23H22N2O4S. The molecule has 1 aliphatic rings. The number of methoxy groups -OCH3 is 2. The van der Waals surface area contributed by atoms with Crippen molar-refractivity contribution in [3.05, 3.63) is 90.0 Å². The molecule has 0 unspecified atom stereocenters. The minimum absolute atomic E-state index is 0.190. The van der Waals surface area contributed by atoms with Crippen molar-refractivity contribution >= 4 is 15.7 Å². The molecule has 1 aliphatic heterocycles. The van der Waals surface area contributed by atoms with Gasteiger partial charge in [-0.25, -0.2) is 0 Å². The molecule has 30 heavy (non-hydrogen) atoms. The number of hydrogen-bond donors (Lipinski definition) is 0. The maximum atomic E-state index is 13.5. The molecule has 0 bridgehead atoms. The van der Waals surface area contributed by atoms with Crippen LogP contribution in [0.3, 0.4) is 0 Å². The van der Waals surface area contributed by atoms with Crippen LogP contribution in [0.15, 0.2) is 88.9 Å². The van der Waals surface area contributed by atoms with Gasteiger partial charge in [-0.15, -0.1) is 0 Å². The summed E-state index contributed by atoms with van der Waals surface area (Å²) in [6, 6.07) is 22.8. The number of ether oxygens (including phenoxy) is 2. The third kappa shape index (κ3) is 3.52. The minimum atomic E-state index is -3.87. The summed E-state index contributed by atoms with van der Waals surface area (Å²) >= 11 is 0. The molecule has 0 amide bonds. The van der Waals surface area contributed by atoms with Gasteiger partial charge in [0.2, 0.25) is 0 Å². The van der Waals surface area contributed by atoms with E-state index in [1.165, 1.54) is 4.41 Å². The predicted molar refractivity (Wildman–Crippen MR) is 115 cm³/mol. The van der Waals surface area contributed by atoms with Gasteiger partial charge in [-0.05, 0) is 23.8 Å². The molecule has 7 heteroatoms. The number of sulfonamides is 1. The van der Waals surface area contributed by atoms with Crippen LogP contribution < -0.4 is 9.47 Å². The Bertz CT molecular complexity index is 1160. The monoisotopic (exact) mass is 422 g/mol. The lowest BCUT2D eigenvalue weighted by Crippen LogP contribution is -2.27. The Morgan fingerprint density at radius 2 is 1.53 bits per heavy atom. The summed E-state index contributed by atoms with van der Waals surface area (Å²) in [6.45, 7) is 0. The average molecular weight is 423 g/mol. The molecule has 0 aliphatic carbocycles. The van der Waals surface area contributed by atoms with E-state index in [9.17, 15) is 8.42 Å². The van der Waals surface area contributed by atoms with E-state index in [-0.39, 0.29) is 4.90 Å². The molecule has 0 radical (unpaired) electrons. The maximum absolute atomic E-state index is 13.5. The normalized spacial score (nSPS) is 16.3. The third-order valence-electron chi connectivity index (χ3n) is 5.06. The highest BCUT2D eigenvalue weighted by Crippen LogP contribution is 2.43. The van der Waals surface area contributed by atoms with E-state index in [0.717, 1.165) is 5.56 Å². The first-order valence-corrected chi connectivity index (χ1v) is 10.9. The van der Waals surface area contributed by atoms with Gasteiger partial charge >= 0.3 is 0 Å². The fourth-order valence-corrected chi connectivity index (χ4v) is 5.07. The highest BCUT2D eigenvalue weighted by molar-refractivity contribution is 7.89. The van der Waals surface area contributed by atoms with Crippen molar-refractivity contribution < 1.29 is 17.9 Å². The first-order chi connectivity index (χ1) is 14.6. The second kappa shape index (κ2) is 8.20. The van der Waals surface area contributed by atoms with E-state index in [0.29, 0.717) is 29.2 Å². The number of hydrazone groups is 1. The number of nitrogens with zero attached hydrogens (tertiary/aromatic N) is 2. The molecule has 1 heterocycles. The van der Waals surface area contributed by atoms with Crippen molar-refractivity contribution in [1.82, 2.24) is 4.41 Å². The van der Waals surface area contributed by atoms with E-state index in [2.05, 4.69) is 5.10 Å². The highest BCUT2D eigenvalue weighted by Gasteiger charge is 2.39. The molecule has 0 spiro atoms. The van der Waals surface area contributed by atoms with Gasteiger partial charge in [-0.1, -0.05) is 60.7 Å². The van der Waals surface area contributed by atoms with Crippen LogP contribution in [0.1, 0.15) is 23.6 Å². The molecule has 0 aromatic heterocycles. The summed E-state index contributed by atoms with van der Waals surface area (Å²) in [6.07, 6.45) is 0.416. The molecule has 6 nitrogen and oxygen atoms in total. The smallest absolute Gasteiger partial charge is 0.279 e. The Kier molecular flexibility index (Phi) is 5.46. The first kappa shape index (κ1) is 20.0. The number of benzene rings is 3. The first-order valence-electron chi connectivity index (χ1n) is 9.49. The molecule has 1 atom stereocenters. The summed E-state index contributed by atoms with van der Waals surface area (Å²) < 4.78 is 39.2. The van der Waals surface area contributed by atoms with Crippen LogP contribution in [0.2, 0.25) is 0 Å². The Balaban J connectivity index is 1.86. The Morgan fingerprint density at radius 3 is 2.17 bits per heavy atom. The van der Waals surface area contributed by atoms with Gasteiger partial charge in [-0.3, -0.25) is 0 Å². The SMILES string of the molecule is COc1cccc([C@@H]2CC(c3ccccc3)=NN2S(=O)(=O)c2ccccc2)c1OC. The number of rotatable bonds is 6. The quantitative estimate of drug-likeness (QED) is 0.596. The van der Waals surface area contributed by atoms with E-state index in [1.54, 1.807) is 50.6 Å². The van der Waals surface area contributed by atoms with E-state index >= 15 is 0 Å². The lowest BCUT2D eigenvalue weighted by Gasteiger charge is -2.25. The molecule has 0 saturated carbocycles. The summed E-state index contributed by atoms with van der Waals surface area (Å²) in [5.74, 6) is 1.04.